The van der Waals surface area contributed by atoms with Gasteiger partial charge >= 0.3 is 12.1 Å². The first-order valence-corrected chi connectivity index (χ1v) is 7.85. The lowest BCUT2D eigenvalue weighted by Gasteiger charge is -2.17. The zero-order chi connectivity index (χ0) is 16.8. The van der Waals surface area contributed by atoms with Crippen molar-refractivity contribution < 1.29 is 19.1 Å². The van der Waals surface area contributed by atoms with Crippen molar-refractivity contribution in [2.75, 3.05) is 25.5 Å². The van der Waals surface area contributed by atoms with Gasteiger partial charge in [0.05, 0.1) is 6.61 Å². The third-order valence-electron chi connectivity index (χ3n) is 3.63. The Morgan fingerprint density at radius 3 is 2.65 bits per heavy atom. The van der Waals surface area contributed by atoms with Crippen molar-refractivity contribution in [3.63, 3.8) is 0 Å². The van der Waals surface area contributed by atoms with E-state index in [-0.39, 0.29) is 18.1 Å². The van der Waals surface area contributed by atoms with Crippen molar-refractivity contribution >= 4 is 17.7 Å². The highest BCUT2D eigenvalue weighted by molar-refractivity contribution is 5.84. The summed E-state index contributed by atoms with van der Waals surface area (Å²) < 4.78 is 10.7. The SMILES string of the molecule is CC(C)COC(=O)C1CC(OC(=O)Nc2ccccc2)CN1C. The van der Waals surface area contributed by atoms with Crippen LogP contribution in [0.4, 0.5) is 10.5 Å². The molecule has 1 aromatic rings. The predicted molar refractivity (Wildman–Crippen MR) is 87.2 cm³/mol. The van der Waals surface area contributed by atoms with Crippen LogP contribution in [0.3, 0.4) is 0 Å². The molecule has 1 aliphatic rings. The summed E-state index contributed by atoms with van der Waals surface area (Å²) in [6.45, 7) is 4.91. The highest BCUT2D eigenvalue weighted by Crippen LogP contribution is 2.20. The van der Waals surface area contributed by atoms with Crippen LogP contribution in [0.25, 0.3) is 0 Å². The summed E-state index contributed by atoms with van der Waals surface area (Å²) >= 11 is 0. The Bertz CT molecular complexity index is 533. The summed E-state index contributed by atoms with van der Waals surface area (Å²) in [5.41, 5.74) is 0.678. The molecule has 0 bridgehead atoms. The first-order valence-electron chi connectivity index (χ1n) is 7.85. The van der Waals surface area contributed by atoms with Crippen molar-refractivity contribution in [3.8, 4) is 0 Å². The van der Waals surface area contributed by atoms with Gasteiger partial charge in [-0.05, 0) is 25.1 Å². The molecule has 0 aliphatic carbocycles. The number of carbonyl (C=O) groups is 2. The van der Waals surface area contributed by atoms with Gasteiger partial charge in [-0.25, -0.2) is 4.79 Å². The summed E-state index contributed by atoms with van der Waals surface area (Å²) in [7, 11) is 1.83. The molecule has 0 radical (unpaired) electrons. The van der Waals surface area contributed by atoms with Crippen LogP contribution >= 0.6 is 0 Å². The van der Waals surface area contributed by atoms with E-state index in [4.69, 9.17) is 9.47 Å². The van der Waals surface area contributed by atoms with Crippen LogP contribution in [0.5, 0.6) is 0 Å². The average Bonchev–Trinajstić information content (AvgIpc) is 2.86. The van der Waals surface area contributed by atoms with E-state index in [1.54, 1.807) is 12.1 Å². The topological polar surface area (TPSA) is 67.9 Å². The van der Waals surface area contributed by atoms with Gasteiger partial charge in [-0.15, -0.1) is 0 Å². The van der Waals surface area contributed by atoms with E-state index in [1.807, 2.05) is 44.0 Å². The molecule has 1 amide bonds. The van der Waals surface area contributed by atoms with E-state index in [0.717, 1.165) is 0 Å². The third-order valence-corrected chi connectivity index (χ3v) is 3.63. The number of likely N-dealkylation sites (tertiary alicyclic amines) is 1. The quantitative estimate of drug-likeness (QED) is 0.844. The number of hydrogen-bond acceptors (Lipinski definition) is 5. The fourth-order valence-electron chi connectivity index (χ4n) is 2.48. The van der Waals surface area contributed by atoms with Crippen LogP contribution in [0.2, 0.25) is 0 Å². The molecular weight excluding hydrogens is 296 g/mol. The van der Waals surface area contributed by atoms with Crippen molar-refractivity contribution in [1.29, 1.82) is 0 Å². The Hall–Kier alpha value is -2.08. The molecule has 126 valence electrons. The minimum absolute atomic E-state index is 0.254. The van der Waals surface area contributed by atoms with Crippen LogP contribution in [-0.4, -0.2) is 49.3 Å². The summed E-state index contributed by atoms with van der Waals surface area (Å²) in [5.74, 6) is 0.0464. The molecule has 2 atom stereocenters. The number of esters is 1. The van der Waals surface area contributed by atoms with Gasteiger partial charge in [0.2, 0.25) is 0 Å². The minimum atomic E-state index is -0.509. The molecule has 1 saturated heterocycles. The number of hydrogen-bond donors (Lipinski definition) is 1. The lowest BCUT2D eigenvalue weighted by molar-refractivity contribution is -0.149. The second-order valence-electron chi connectivity index (χ2n) is 6.23. The lowest BCUT2D eigenvalue weighted by atomic mass is 10.2. The number of amides is 1. The first-order chi connectivity index (χ1) is 11.0. The summed E-state index contributed by atoms with van der Waals surface area (Å²) in [4.78, 5) is 25.8. The smallest absolute Gasteiger partial charge is 0.411 e. The number of rotatable bonds is 5. The highest BCUT2D eigenvalue weighted by atomic mass is 16.6. The number of nitrogens with zero attached hydrogens (tertiary/aromatic N) is 1. The number of likely N-dealkylation sites (N-methyl/N-ethyl adjacent to an activating group) is 1. The number of benzene rings is 1. The van der Waals surface area contributed by atoms with Gasteiger partial charge in [0, 0.05) is 18.7 Å². The van der Waals surface area contributed by atoms with E-state index < -0.39 is 6.09 Å². The molecule has 2 rings (SSSR count). The average molecular weight is 320 g/mol. The van der Waals surface area contributed by atoms with Crippen molar-refractivity contribution in [2.24, 2.45) is 5.92 Å². The van der Waals surface area contributed by atoms with Crippen molar-refractivity contribution in [2.45, 2.75) is 32.4 Å². The predicted octanol–water partition coefficient (Wildman–Crippen LogP) is 2.51. The molecule has 0 aromatic heterocycles. The fraction of sp³-hybridized carbons (Fsp3) is 0.529. The summed E-state index contributed by atoms with van der Waals surface area (Å²) in [6.07, 6.45) is -0.374. The van der Waals surface area contributed by atoms with E-state index in [2.05, 4.69) is 5.32 Å². The van der Waals surface area contributed by atoms with Gasteiger partial charge in [-0.3, -0.25) is 15.0 Å². The number of anilines is 1. The van der Waals surface area contributed by atoms with Gasteiger partial charge in [-0.2, -0.15) is 0 Å². The third kappa shape index (κ3) is 5.25. The van der Waals surface area contributed by atoms with E-state index in [0.29, 0.717) is 31.2 Å². The molecule has 1 aromatic carbocycles. The largest absolute Gasteiger partial charge is 0.464 e. The maximum atomic E-state index is 12.1. The fourth-order valence-corrected chi connectivity index (χ4v) is 2.48. The Kier molecular flexibility index (Phi) is 5.98. The summed E-state index contributed by atoms with van der Waals surface area (Å²) in [6, 6.07) is 8.75. The van der Waals surface area contributed by atoms with Crippen LogP contribution in [0, 0.1) is 5.92 Å². The molecule has 6 heteroatoms. The molecular formula is C17H24N2O4. The second kappa shape index (κ2) is 7.97. The van der Waals surface area contributed by atoms with Crippen LogP contribution in [0.15, 0.2) is 30.3 Å². The van der Waals surface area contributed by atoms with Crippen LogP contribution in [0.1, 0.15) is 20.3 Å². The normalized spacial score (nSPS) is 21.2. The van der Waals surface area contributed by atoms with Crippen molar-refractivity contribution in [1.82, 2.24) is 4.90 Å². The monoisotopic (exact) mass is 320 g/mol. The Labute approximate surface area is 136 Å². The Balaban J connectivity index is 1.81. The molecule has 1 aliphatic heterocycles. The van der Waals surface area contributed by atoms with Crippen LogP contribution < -0.4 is 5.32 Å². The highest BCUT2D eigenvalue weighted by Gasteiger charge is 2.37. The molecule has 0 spiro atoms. The van der Waals surface area contributed by atoms with E-state index in [1.165, 1.54) is 0 Å². The zero-order valence-electron chi connectivity index (χ0n) is 13.8. The van der Waals surface area contributed by atoms with Gasteiger partial charge in [-0.1, -0.05) is 32.0 Å². The lowest BCUT2D eigenvalue weighted by Crippen LogP contribution is -2.34. The first kappa shape index (κ1) is 17.3. The number of nitrogens with one attached hydrogen (secondary N) is 1. The van der Waals surface area contributed by atoms with Gasteiger partial charge in [0.25, 0.3) is 0 Å². The van der Waals surface area contributed by atoms with Gasteiger partial charge in [0.15, 0.2) is 0 Å². The Morgan fingerprint density at radius 2 is 2.00 bits per heavy atom. The summed E-state index contributed by atoms with van der Waals surface area (Å²) in [5, 5.41) is 2.67. The number of ether oxygens (including phenoxy) is 2. The molecule has 2 unspecified atom stereocenters. The molecule has 6 nitrogen and oxygen atoms in total. The molecule has 1 fully saturated rings. The standard InChI is InChI=1S/C17H24N2O4/c1-12(2)11-22-16(20)15-9-14(10-19(15)3)23-17(21)18-13-7-5-4-6-8-13/h4-8,12,14-15H,9-11H2,1-3H3,(H,18,21). The number of para-hydroxylation sites is 1. The van der Waals surface area contributed by atoms with Gasteiger partial charge < -0.3 is 9.47 Å². The van der Waals surface area contributed by atoms with Crippen molar-refractivity contribution in [3.05, 3.63) is 30.3 Å². The molecule has 23 heavy (non-hydrogen) atoms. The van der Waals surface area contributed by atoms with Gasteiger partial charge in [0.1, 0.15) is 12.1 Å². The maximum absolute atomic E-state index is 12.1. The molecule has 0 saturated carbocycles. The van der Waals surface area contributed by atoms with E-state index >= 15 is 0 Å². The molecule has 1 N–H and O–H groups in total. The Morgan fingerprint density at radius 1 is 1.30 bits per heavy atom. The minimum Gasteiger partial charge on any atom is -0.464 e. The van der Waals surface area contributed by atoms with E-state index in [9.17, 15) is 9.59 Å². The number of carbonyl (C=O) groups excluding carboxylic acids is 2. The van der Waals surface area contributed by atoms with Crippen LogP contribution in [-0.2, 0) is 14.3 Å². The molecule has 1 heterocycles. The zero-order valence-corrected chi connectivity index (χ0v) is 13.8. The maximum Gasteiger partial charge on any atom is 0.411 e. The second-order valence-corrected chi connectivity index (χ2v) is 6.23.